The van der Waals surface area contributed by atoms with Crippen LogP contribution in [0, 0.1) is 5.92 Å². The molecule has 5 nitrogen and oxygen atoms in total. The molecule has 6 heteroatoms. The fourth-order valence-corrected chi connectivity index (χ4v) is 2.30. The number of amides is 1. The summed E-state index contributed by atoms with van der Waals surface area (Å²) >= 11 is 4.15. The Bertz CT molecular complexity index is 503. The number of para-hydroxylation sites is 1. The second-order valence-electron chi connectivity index (χ2n) is 4.24. The molecule has 1 aromatic rings. The standard InChI is InChI=1S/C12H13NO4S/c14-10-4-7(6-18)5-13(10)9-3-1-2-8(11(9)15)12(16)17/h1-3,7,15,18H,4-6H2,(H,16,17). The molecule has 18 heavy (non-hydrogen) atoms. The van der Waals surface area contributed by atoms with Crippen molar-refractivity contribution in [1.82, 2.24) is 0 Å². The van der Waals surface area contributed by atoms with Gasteiger partial charge in [-0.2, -0.15) is 12.6 Å². The number of hydrogen-bond acceptors (Lipinski definition) is 4. The SMILES string of the molecule is O=C(O)c1cccc(N2CC(CS)CC2=O)c1O. The number of nitrogens with zero attached hydrogens (tertiary/aromatic N) is 1. The normalized spacial score (nSPS) is 19.3. The minimum Gasteiger partial charge on any atom is -0.505 e. The first kappa shape index (κ1) is 12.8. The van der Waals surface area contributed by atoms with E-state index in [2.05, 4.69) is 12.6 Å². The number of anilines is 1. The Labute approximate surface area is 109 Å². The molecule has 1 amide bonds. The van der Waals surface area contributed by atoms with Gasteiger partial charge in [-0.1, -0.05) is 6.07 Å². The summed E-state index contributed by atoms with van der Waals surface area (Å²) in [5, 5.41) is 18.8. The zero-order chi connectivity index (χ0) is 13.3. The lowest BCUT2D eigenvalue weighted by Gasteiger charge is -2.18. The first-order valence-corrected chi connectivity index (χ1v) is 6.14. The number of carbonyl (C=O) groups excluding carboxylic acids is 1. The van der Waals surface area contributed by atoms with Gasteiger partial charge in [0.25, 0.3) is 0 Å². The Morgan fingerprint density at radius 3 is 2.78 bits per heavy atom. The number of aromatic hydroxyl groups is 1. The van der Waals surface area contributed by atoms with E-state index in [4.69, 9.17) is 5.11 Å². The monoisotopic (exact) mass is 267 g/mol. The molecule has 1 unspecified atom stereocenters. The van der Waals surface area contributed by atoms with E-state index < -0.39 is 5.97 Å². The van der Waals surface area contributed by atoms with E-state index in [1.165, 1.54) is 17.0 Å². The Morgan fingerprint density at radius 1 is 1.50 bits per heavy atom. The van der Waals surface area contributed by atoms with E-state index in [1.807, 2.05) is 0 Å². The van der Waals surface area contributed by atoms with Crippen molar-refractivity contribution in [2.24, 2.45) is 5.92 Å². The van der Waals surface area contributed by atoms with Crippen LogP contribution in [0.15, 0.2) is 18.2 Å². The van der Waals surface area contributed by atoms with Crippen molar-refractivity contribution in [2.45, 2.75) is 6.42 Å². The molecule has 1 atom stereocenters. The number of phenols is 1. The van der Waals surface area contributed by atoms with Crippen LogP contribution in [0.2, 0.25) is 0 Å². The lowest BCUT2D eigenvalue weighted by molar-refractivity contribution is -0.117. The summed E-state index contributed by atoms with van der Waals surface area (Å²) in [6.45, 7) is 0.457. The fourth-order valence-electron chi connectivity index (χ4n) is 2.06. The third kappa shape index (κ3) is 2.15. The third-order valence-electron chi connectivity index (χ3n) is 3.00. The molecular weight excluding hydrogens is 254 g/mol. The smallest absolute Gasteiger partial charge is 0.339 e. The molecule has 0 spiro atoms. The molecule has 1 aliphatic heterocycles. The minimum absolute atomic E-state index is 0.119. The van der Waals surface area contributed by atoms with Gasteiger partial charge in [-0.05, 0) is 23.8 Å². The number of aromatic carboxylic acids is 1. The van der Waals surface area contributed by atoms with Crippen LogP contribution in [0.4, 0.5) is 5.69 Å². The van der Waals surface area contributed by atoms with E-state index in [-0.39, 0.29) is 28.8 Å². The molecule has 1 saturated heterocycles. The molecule has 1 aromatic carbocycles. The third-order valence-corrected chi connectivity index (χ3v) is 3.52. The molecule has 0 radical (unpaired) electrons. The van der Waals surface area contributed by atoms with E-state index in [0.29, 0.717) is 18.7 Å². The summed E-state index contributed by atoms with van der Waals surface area (Å²) in [4.78, 5) is 24.1. The summed E-state index contributed by atoms with van der Waals surface area (Å²) in [5.74, 6) is -0.979. The van der Waals surface area contributed by atoms with Crippen LogP contribution in [0.1, 0.15) is 16.8 Å². The molecule has 96 valence electrons. The number of carbonyl (C=O) groups is 2. The fraction of sp³-hybridized carbons (Fsp3) is 0.333. The average molecular weight is 267 g/mol. The highest BCUT2D eigenvalue weighted by atomic mass is 32.1. The summed E-state index contributed by atoms with van der Waals surface area (Å²) < 4.78 is 0. The second-order valence-corrected chi connectivity index (χ2v) is 4.60. The first-order valence-electron chi connectivity index (χ1n) is 5.51. The van der Waals surface area contributed by atoms with Crippen LogP contribution in [0.3, 0.4) is 0 Å². The van der Waals surface area contributed by atoms with Crippen LogP contribution < -0.4 is 4.90 Å². The zero-order valence-electron chi connectivity index (χ0n) is 9.54. The molecule has 0 bridgehead atoms. The van der Waals surface area contributed by atoms with Crippen molar-refractivity contribution in [3.05, 3.63) is 23.8 Å². The van der Waals surface area contributed by atoms with Crippen molar-refractivity contribution in [1.29, 1.82) is 0 Å². The van der Waals surface area contributed by atoms with Gasteiger partial charge < -0.3 is 15.1 Å². The van der Waals surface area contributed by atoms with Gasteiger partial charge in [-0.15, -0.1) is 0 Å². The second kappa shape index (κ2) is 4.89. The topological polar surface area (TPSA) is 77.8 Å². The number of benzene rings is 1. The van der Waals surface area contributed by atoms with E-state index in [9.17, 15) is 14.7 Å². The van der Waals surface area contributed by atoms with Crippen molar-refractivity contribution in [3.8, 4) is 5.75 Å². The van der Waals surface area contributed by atoms with Gasteiger partial charge in [0.05, 0.1) is 5.69 Å². The van der Waals surface area contributed by atoms with Crippen molar-refractivity contribution < 1.29 is 19.8 Å². The van der Waals surface area contributed by atoms with Crippen molar-refractivity contribution in [2.75, 3.05) is 17.2 Å². The maximum absolute atomic E-state index is 11.8. The van der Waals surface area contributed by atoms with Crippen LogP contribution in [-0.2, 0) is 4.79 Å². The van der Waals surface area contributed by atoms with Crippen LogP contribution in [-0.4, -0.2) is 34.4 Å². The molecule has 1 aliphatic rings. The van der Waals surface area contributed by atoms with E-state index >= 15 is 0 Å². The number of carboxylic acid groups (broad SMARTS) is 1. The molecule has 1 heterocycles. The maximum atomic E-state index is 11.8. The number of carboxylic acids is 1. The van der Waals surface area contributed by atoms with Gasteiger partial charge in [-0.3, -0.25) is 4.79 Å². The molecule has 0 aromatic heterocycles. The van der Waals surface area contributed by atoms with E-state index in [0.717, 1.165) is 0 Å². The predicted octanol–water partition coefficient (Wildman–Crippen LogP) is 1.37. The average Bonchev–Trinajstić information content (AvgIpc) is 2.70. The summed E-state index contributed by atoms with van der Waals surface area (Å²) in [7, 11) is 0. The molecule has 0 aliphatic carbocycles. The highest BCUT2D eigenvalue weighted by Gasteiger charge is 2.32. The summed E-state index contributed by atoms with van der Waals surface area (Å²) in [6, 6.07) is 4.36. The zero-order valence-corrected chi connectivity index (χ0v) is 10.4. The number of rotatable bonds is 3. The molecular formula is C12H13NO4S. The lowest BCUT2D eigenvalue weighted by atomic mass is 10.1. The minimum atomic E-state index is -1.22. The first-order chi connectivity index (χ1) is 8.54. The maximum Gasteiger partial charge on any atom is 0.339 e. The Kier molecular flexibility index (Phi) is 3.47. The largest absolute Gasteiger partial charge is 0.505 e. The van der Waals surface area contributed by atoms with Gasteiger partial charge >= 0.3 is 5.97 Å². The van der Waals surface area contributed by atoms with Gasteiger partial charge in [0, 0.05) is 13.0 Å². The van der Waals surface area contributed by atoms with Gasteiger partial charge in [-0.25, -0.2) is 4.79 Å². The summed E-state index contributed by atoms with van der Waals surface area (Å²) in [6.07, 6.45) is 0.375. The highest BCUT2D eigenvalue weighted by molar-refractivity contribution is 7.80. The highest BCUT2D eigenvalue weighted by Crippen LogP contribution is 2.34. The quantitative estimate of drug-likeness (QED) is 0.723. The molecule has 0 saturated carbocycles. The van der Waals surface area contributed by atoms with Gasteiger partial charge in [0.1, 0.15) is 5.56 Å². The number of hydrogen-bond donors (Lipinski definition) is 3. The summed E-state index contributed by atoms with van der Waals surface area (Å²) in [5.41, 5.74) is 0.0545. The van der Waals surface area contributed by atoms with Crippen LogP contribution in [0.5, 0.6) is 5.75 Å². The Balaban J connectivity index is 2.37. The van der Waals surface area contributed by atoms with Crippen molar-refractivity contribution in [3.63, 3.8) is 0 Å². The van der Waals surface area contributed by atoms with Crippen LogP contribution >= 0.6 is 12.6 Å². The van der Waals surface area contributed by atoms with E-state index in [1.54, 1.807) is 6.07 Å². The predicted molar refractivity (Wildman–Crippen MR) is 69.4 cm³/mol. The Hall–Kier alpha value is -1.69. The number of thiol groups is 1. The molecule has 1 fully saturated rings. The van der Waals surface area contributed by atoms with Crippen molar-refractivity contribution >= 4 is 30.2 Å². The lowest BCUT2D eigenvalue weighted by Crippen LogP contribution is -2.25. The van der Waals surface area contributed by atoms with Gasteiger partial charge in [0.2, 0.25) is 5.91 Å². The van der Waals surface area contributed by atoms with Crippen LogP contribution in [0.25, 0.3) is 0 Å². The molecule has 2 N–H and O–H groups in total. The molecule has 2 rings (SSSR count). The van der Waals surface area contributed by atoms with Gasteiger partial charge in [0.15, 0.2) is 5.75 Å². The Morgan fingerprint density at radius 2 is 2.22 bits per heavy atom.